The Labute approximate surface area is 194 Å². The van der Waals surface area contributed by atoms with Gasteiger partial charge in [0, 0.05) is 11.5 Å². The summed E-state index contributed by atoms with van der Waals surface area (Å²) in [5, 5.41) is 1.81. The Bertz CT molecular complexity index is 1350. The van der Waals surface area contributed by atoms with E-state index in [4.69, 9.17) is 14.2 Å². The van der Waals surface area contributed by atoms with Crippen molar-refractivity contribution in [2.75, 3.05) is 21.3 Å². The van der Waals surface area contributed by atoms with Crippen LogP contribution < -0.4 is 14.2 Å². The molecule has 6 heteroatoms. The smallest absolute Gasteiger partial charge is 0.161 e. The van der Waals surface area contributed by atoms with Crippen molar-refractivity contribution in [1.29, 1.82) is 0 Å². The molecule has 0 aliphatic carbocycles. The van der Waals surface area contributed by atoms with E-state index < -0.39 is 10.8 Å². The first-order chi connectivity index (χ1) is 16.0. The molecule has 168 valence electrons. The first-order valence-electron chi connectivity index (χ1n) is 10.2. The second-order valence-electron chi connectivity index (χ2n) is 7.22. The first-order valence-corrected chi connectivity index (χ1v) is 11.4. The van der Waals surface area contributed by atoms with Crippen molar-refractivity contribution in [3.8, 4) is 17.2 Å². The second-order valence-corrected chi connectivity index (χ2v) is 8.60. The van der Waals surface area contributed by atoms with Gasteiger partial charge < -0.3 is 14.2 Å². The van der Waals surface area contributed by atoms with Crippen LogP contribution in [0, 0.1) is 5.82 Å². The lowest BCUT2D eigenvalue weighted by Crippen LogP contribution is -2.02. The molecule has 0 amide bonds. The maximum Gasteiger partial charge on any atom is 0.161 e. The van der Waals surface area contributed by atoms with Crippen LogP contribution in [0.25, 0.3) is 22.9 Å². The molecule has 0 saturated carbocycles. The fourth-order valence-electron chi connectivity index (χ4n) is 3.61. The van der Waals surface area contributed by atoms with Gasteiger partial charge in [-0.05, 0) is 40.8 Å². The van der Waals surface area contributed by atoms with Gasteiger partial charge in [0.1, 0.15) is 11.6 Å². The summed E-state index contributed by atoms with van der Waals surface area (Å²) < 4.78 is 43.8. The van der Waals surface area contributed by atoms with Gasteiger partial charge in [0.25, 0.3) is 0 Å². The normalized spacial score (nSPS) is 12.1. The minimum atomic E-state index is -1.60. The Morgan fingerprint density at radius 2 is 1.42 bits per heavy atom. The Kier molecular flexibility index (Phi) is 6.75. The van der Waals surface area contributed by atoms with Crippen molar-refractivity contribution in [2.24, 2.45) is 0 Å². The number of rotatable bonds is 7. The fourth-order valence-corrected chi connectivity index (χ4v) is 5.11. The molecular formula is C27H23FO4S. The first kappa shape index (κ1) is 22.6. The number of benzene rings is 4. The highest BCUT2D eigenvalue weighted by molar-refractivity contribution is 7.85. The molecule has 1 atom stereocenters. The number of methoxy groups -OCH3 is 3. The zero-order valence-corrected chi connectivity index (χ0v) is 19.3. The molecule has 0 fully saturated rings. The van der Waals surface area contributed by atoms with Crippen LogP contribution in [0.2, 0.25) is 0 Å². The van der Waals surface area contributed by atoms with Gasteiger partial charge in [-0.15, -0.1) is 0 Å². The van der Waals surface area contributed by atoms with E-state index in [1.807, 2.05) is 48.6 Å². The van der Waals surface area contributed by atoms with Gasteiger partial charge in [-0.1, -0.05) is 54.6 Å². The van der Waals surface area contributed by atoms with E-state index in [2.05, 4.69) is 0 Å². The molecule has 4 rings (SSSR count). The van der Waals surface area contributed by atoms with Crippen molar-refractivity contribution >= 4 is 33.7 Å². The van der Waals surface area contributed by atoms with Crippen LogP contribution >= 0.6 is 0 Å². The van der Waals surface area contributed by atoms with Crippen molar-refractivity contribution in [2.45, 2.75) is 9.79 Å². The number of halogens is 1. The van der Waals surface area contributed by atoms with Crippen molar-refractivity contribution in [1.82, 2.24) is 0 Å². The van der Waals surface area contributed by atoms with Gasteiger partial charge in [-0.2, -0.15) is 0 Å². The number of fused-ring (bicyclic) bond motifs is 1. The molecule has 33 heavy (non-hydrogen) atoms. The van der Waals surface area contributed by atoms with E-state index in [9.17, 15) is 8.60 Å². The summed E-state index contributed by atoms with van der Waals surface area (Å²) >= 11 is 0. The average Bonchev–Trinajstić information content (AvgIpc) is 2.86. The van der Waals surface area contributed by atoms with Gasteiger partial charge >= 0.3 is 0 Å². The Balaban J connectivity index is 1.90. The van der Waals surface area contributed by atoms with Gasteiger partial charge in [0.15, 0.2) is 11.5 Å². The van der Waals surface area contributed by atoms with Gasteiger partial charge in [0.05, 0.1) is 41.9 Å². The highest BCUT2D eigenvalue weighted by Crippen LogP contribution is 2.39. The van der Waals surface area contributed by atoms with Crippen molar-refractivity contribution in [3.63, 3.8) is 0 Å². The van der Waals surface area contributed by atoms with E-state index >= 15 is 0 Å². The molecule has 0 aromatic heterocycles. The maximum atomic E-state index is 14.0. The highest BCUT2D eigenvalue weighted by atomic mass is 32.2. The van der Waals surface area contributed by atoms with Crippen LogP contribution in [0.15, 0.2) is 82.6 Å². The predicted molar refractivity (Wildman–Crippen MR) is 130 cm³/mol. The maximum absolute atomic E-state index is 14.0. The summed E-state index contributed by atoms with van der Waals surface area (Å²) in [5.41, 5.74) is 1.50. The van der Waals surface area contributed by atoms with Crippen LogP contribution in [-0.4, -0.2) is 25.5 Å². The van der Waals surface area contributed by atoms with E-state index in [1.54, 1.807) is 38.5 Å². The molecule has 0 heterocycles. The minimum absolute atomic E-state index is 0.303. The summed E-state index contributed by atoms with van der Waals surface area (Å²) in [6.45, 7) is 0. The molecule has 0 unspecified atom stereocenters. The number of ether oxygens (including phenoxy) is 3. The third kappa shape index (κ3) is 4.61. The molecule has 0 spiro atoms. The van der Waals surface area contributed by atoms with Gasteiger partial charge in [-0.3, -0.25) is 0 Å². The van der Waals surface area contributed by atoms with E-state index in [-0.39, 0.29) is 5.82 Å². The molecule has 0 aliphatic heterocycles. The quantitative estimate of drug-likeness (QED) is 0.301. The van der Waals surface area contributed by atoms with Crippen LogP contribution in [-0.2, 0) is 10.8 Å². The van der Waals surface area contributed by atoms with Gasteiger partial charge in [-0.25, -0.2) is 8.60 Å². The Hall–Kier alpha value is -3.64. The summed E-state index contributed by atoms with van der Waals surface area (Å²) in [6.07, 6.45) is 3.67. The van der Waals surface area contributed by atoms with E-state index in [0.717, 1.165) is 16.3 Å². The lowest BCUT2D eigenvalue weighted by molar-refractivity contribution is 0.354. The Morgan fingerprint density at radius 1 is 0.758 bits per heavy atom. The molecule has 4 nitrogen and oxygen atoms in total. The monoisotopic (exact) mass is 462 g/mol. The third-order valence-electron chi connectivity index (χ3n) is 5.29. The lowest BCUT2D eigenvalue weighted by atomic mass is 10.1. The average molecular weight is 463 g/mol. The second kappa shape index (κ2) is 9.88. The minimum Gasteiger partial charge on any atom is -0.495 e. The summed E-state index contributed by atoms with van der Waals surface area (Å²) in [7, 11) is 3.05. The lowest BCUT2D eigenvalue weighted by Gasteiger charge is -2.16. The largest absolute Gasteiger partial charge is 0.495 e. The molecule has 0 N–H and O–H groups in total. The Morgan fingerprint density at radius 3 is 2.12 bits per heavy atom. The SMILES string of the molecule is COc1cc(/C=C/c2ccc(F)cc2)c([S@@](=O)c2c(OC)ccc3ccccc23)cc1OC. The number of hydrogen-bond acceptors (Lipinski definition) is 4. The zero-order valence-electron chi connectivity index (χ0n) is 18.5. The van der Waals surface area contributed by atoms with Crippen LogP contribution in [0.4, 0.5) is 4.39 Å². The summed E-state index contributed by atoms with van der Waals surface area (Å²) in [4.78, 5) is 1.12. The summed E-state index contributed by atoms with van der Waals surface area (Å²) in [5.74, 6) is 1.22. The third-order valence-corrected chi connectivity index (χ3v) is 6.83. The molecule has 0 bridgehead atoms. The van der Waals surface area contributed by atoms with E-state index in [0.29, 0.717) is 32.6 Å². The van der Waals surface area contributed by atoms with Crippen molar-refractivity contribution < 1.29 is 22.8 Å². The molecule has 0 radical (unpaired) electrons. The van der Waals surface area contributed by atoms with Crippen molar-refractivity contribution in [3.05, 3.63) is 89.7 Å². The molecule has 0 saturated heterocycles. The van der Waals surface area contributed by atoms with Crippen LogP contribution in [0.5, 0.6) is 17.2 Å². The topological polar surface area (TPSA) is 44.8 Å². The molecular weight excluding hydrogens is 439 g/mol. The molecule has 4 aromatic carbocycles. The van der Waals surface area contributed by atoms with Crippen LogP contribution in [0.1, 0.15) is 11.1 Å². The fraction of sp³-hybridized carbons (Fsp3) is 0.111. The number of hydrogen-bond donors (Lipinski definition) is 0. The zero-order chi connectivity index (χ0) is 23.4. The molecule has 4 aromatic rings. The standard InChI is InChI=1S/C27H23FO4S/c1-30-23-15-12-19-6-4-5-7-22(19)27(23)33(29)26-17-25(32-3)24(31-2)16-20(26)11-8-18-9-13-21(28)14-10-18/h4-17H,1-3H3/b11-8+/t33-/m1/s1. The summed E-state index contributed by atoms with van der Waals surface area (Å²) in [6, 6.07) is 21.2. The van der Waals surface area contributed by atoms with Crippen LogP contribution in [0.3, 0.4) is 0 Å². The van der Waals surface area contributed by atoms with Gasteiger partial charge in [0.2, 0.25) is 0 Å². The predicted octanol–water partition coefficient (Wildman–Crippen LogP) is 6.34. The highest BCUT2D eigenvalue weighted by Gasteiger charge is 2.21. The molecule has 0 aliphatic rings. The van der Waals surface area contributed by atoms with E-state index in [1.165, 1.54) is 19.2 Å².